The third-order valence-corrected chi connectivity index (χ3v) is 2.34. The maximum absolute atomic E-state index is 13.7. The average Bonchev–Trinajstić information content (AvgIpc) is 2.75. The van der Waals surface area contributed by atoms with Gasteiger partial charge in [0.25, 0.3) is 0 Å². The van der Waals surface area contributed by atoms with E-state index in [9.17, 15) is 18.4 Å². The number of nitrogens with one attached hydrogen (secondary N) is 1. The molecule has 1 unspecified atom stereocenters. The van der Waals surface area contributed by atoms with Crippen LogP contribution < -0.4 is 5.32 Å². The predicted molar refractivity (Wildman–Crippen MR) is 65.4 cm³/mol. The lowest BCUT2D eigenvalue weighted by molar-refractivity contribution is -0.168. The first-order chi connectivity index (χ1) is 9.04. The van der Waals surface area contributed by atoms with Crippen LogP contribution in [0.5, 0.6) is 0 Å². The standard InChI is InChI=1S/C12H17F2NO5/c1-11(2,3)20-10(18)15-8(7-5-4-6-19-7)12(13,14)9(16)17/h5,8H,4,6H2,1-3H3,(H,15,18)(H,16,17)/p+1. The fraction of sp³-hybridized carbons (Fsp3) is 0.667. The molecule has 0 aromatic carbocycles. The van der Waals surface area contributed by atoms with Crippen molar-refractivity contribution in [2.45, 2.75) is 44.8 Å². The van der Waals surface area contributed by atoms with Gasteiger partial charge in [0.1, 0.15) is 11.4 Å². The molecule has 0 spiro atoms. The van der Waals surface area contributed by atoms with Crippen molar-refractivity contribution < 1.29 is 33.0 Å². The second-order valence-electron chi connectivity index (χ2n) is 5.27. The number of halogens is 2. The van der Waals surface area contributed by atoms with E-state index in [4.69, 9.17) is 14.6 Å². The van der Waals surface area contributed by atoms with Gasteiger partial charge in [-0.2, -0.15) is 8.78 Å². The minimum atomic E-state index is -4.09. The van der Waals surface area contributed by atoms with Crippen LogP contribution in [0.1, 0.15) is 27.2 Å². The predicted octanol–water partition coefficient (Wildman–Crippen LogP) is 1.07. The fourth-order valence-electron chi connectivity index (χ4n) is 1.54. The van der Waals surface area contributed by atoms with E-state index in [2.05, 4.69) is 0 Å². The summed E-state index contributed by atoms with van der Waals surface area (Å²) in [6, 6.07) is -2.04. The Balaban J connectivity index is 2.90. The normalized spacial score (nSPS) is 16.9. The lowest BCUT2D eigenvalue weighted by Gasteiger charge is -2.25. The summed E-state index contributed by atoms with van der Waals surface area (Å²) < 4.78 is 37.3. The van der Waals surface area contributed by atoms with Crippen molar-refractivity contribution >= 4 is 12.1 Å². The van der Waals surface area contributed by atoms with Gasteiger partial charge in [-0.25, -0.2) is 4.79 Å². The third-order valence-electron chi connectivity index (χ3n) is 2.34. The maximum atomic E-state index is 13.7. The molecule has 8 heteroatoms. The zero-order valence-electron chi connectivity index (χ0n) is 11.5. The highest BCUT2D eigenvalue weighted by atomic mass is 19.3. The first kappa shape index (κ1) is 16.2. The van der Waals surface area contributed by atoms with E-state index in [1.54, 1.807) is 20.8 Å². The number of ether oxygens (including phenoxy) is 2. The van der Waals surface area contributed by atoms with Crippen LogP contribution >= 0.6 is 0 Å². The van der Waals surface area contributed by atoms with Gasteiger partial charge in [0.15, 0.2) is 6.04 Å². The van der Waals surface area contributed by atoms with E-state index < -0.39 is 29.6 Å². The fourth-order valence-corrected chi connectivity index (χ4v) is 1.54. The minimum absolute atomic E-state index is 0.185. The summed E-state index contributed by atoms with van der Waals surface area (Å²) in [5.74, 6) is -6.43. The van der Waals surface area contributed by atoms with E-state index in [0.717, 1.165) is 0 Å². The molecular weight excluding hydrogens is 276 g/mol. The molecule has 1 rings (SSSR count). The molecule has 1 aliphatic rings. The third kappa shape index (κ3) is 4.07. The van der Waals surface area contributed by atoms with Crippen LogP contribution in [0.25, 0.3) is 0 Å². The van der Waals surface area contributed by atoms with Crippen LogP contribution in [0.15, 0.2) is 11.8 Å². The number of alkyl carbamates (subject to hydrolysis) is 1. The number of carbonyl (C=O) groups excluding carboxylic acids is 2. The van der Waals surface area contributed by atoms with Crippen LogP contribution in [0, 0.1) is 0 Å². The van der Waals surface area contributed by atoms with Gasteiger partial charge in [-0.3, -0.25) is 0 Å². The molecule has 0 bridgehead atoms. The SMILES string of the molecule is CC(C)(C)OC(=O)NC(C1=CCCO1)C(F)(F)C(=O)[OH2+]. The summed E-state index contributed by atoms with van der Waals surface area (Å²) in [6.45, 7) is 4.90. The van der Waals surface area contributed by atoms with Crippen LogP contribution in [0.2, 0.25) is 0 Å². The molecule has 0 fully saturated rings. The molecule has 0 aromatic heterocycles. The molecule has 1 atom stereocenters. The number of hydrogen-bond donors (Lipinski definition) is 1. The number of rotatable bonds is 4. The summed E-state index contributed by atoms with van der Waals surface area (Å²) >= 11 is 0. The number of carbonyl (C=O) groups is 2. The Labute approximate surface area is 114 Å². The Kier molecular flexibility index (Phi) is 4.57. The molecule has 1 amide bonds. The topological polar surface area (TPSA) is 87.5 Å². The first-order valence-corrected chi connectivity index (χ1v) is 6.00. The number of alkyl halides is 2. The summed E-state index contributed by atoms with van der Waals surface area (Å²) in [4.78, 5) is 22.3. The lowest BCUT2D eigenvalue weighted by Crippen LogP contribution is -2.54. The number of hydrogen-bond acceptors (Lipinski definition) is 4. The van der Waals surface area contributed by atoms with E-state index in [0.29, 0.717) is 6.42 Å². The van der Waals surface area contributed by atoms with E-state index in [1.165, 1.54) is 6.08 Å². The second-order valence-corrected chi connectivity index (χ2v) is 5.27. The summed E-state index contributed by atoms with van der Waals surface area (Å²) in [5, 5.41) is 8.53. The van der Waals surface area contributed by atoms with Crippen molar-refractivity contribution in [1.29, 1.82) is 0 Å². The van der Waals surface area contributed by atoms with Gasteiger partial charge in [0, 0.05) is 11.2 Å². The highest BCUT2D eigenvalue weighted by Gasteiger charge is 2.57. The van der Waals surface area contributed by atoms with Gasteiger partial charge in [0.2, 0.25) is 0 Å². The maximum Gasteiger partial charge on any atom is 0.589 e. The summed E-state index contributed by atoms with van der Waals surface area (Å²) in [6.07, 6.45) is 0.628. The highest BCUT2D eigenvalue weighted by molar-refractivity contribution is 5.79. The molecule has 20 heavy (non-hydrogen) atoms. The first-order valence-electron chi connectivity index (χ1n) is 6.00. The van der Waals surface area contributed by atoms with Crippen molar-refractivity contribution in [2.75, 3.05) is 6.61 Å². The zero-order chi connectivity index (χ0) is 15.6. The molecule has 1 aliphatic heterocycles. The average molecular weight is 294 g/mol. The Morgan fingerprint density at radius 1 is 1.45 bits per heavy atom. The molecule has 1 heterocycles. The van der Waals surface area contributed by atoms with Crippen molar-refractivity contribution in [3.8, 4) is 0 Å². The summed E-state index contributed by atoms with van der Waals surface area (Å²) in [7, 11) is 0. The van der Waals surface area contributed by atoms with Crippen molar-refractivity contribution in [3.05, 3.63) is 11.8 Å². The van der Waals surface area contributed by atoms with Crippen molar-refractivity contribution in [3.63, 3.8) is 0 Å². The van der Waals surface area contributed by atoms with Gasteiger partial charge in [-0.15, -0.1) is 0 Å². The molecule has 0 saturated carbocycles. The van der Waals surface area contributed by atoms with Crippen LogP contribution in [0.4, 0.5) is 13.6 Å². The largest absolute Gasteiger partial charge is 0.589 e. The molecule has 3 N–H and O–H groups in total. The van der Waals surface area contributed by atoms with Gasteiger partial charge in [-0.1, -0.05) is 0 Å². The minimum Gasteiger partial charge on any atom is -0.560 e. The highest BCUT2D eigenvalue weighted by Crippen LogP contribution is 2.28. The van der Waals surface area contributed by atoms with E-state index in [1.807, 2.05) is 5.32 Å². The summed E-state index contributed by atoms with van der Waals surface area (Å²) in [5.41, 5.74) is -0.875. The Morgan fingerprint density at radius 2 is 2.05 bits per heavy atom. The van der Waals surface area contributed by atoms with Crippen LogP contribution in [-0.4, -0.2) is 41.3 Å². The monoisotopic (exact) mass is 294 g/mol. The zero-order valence-corrected chi connectivity index (χ0v) is 11.5. The van der Waals surface area contributed by atoms with Crippen molar-refractivity contribution in [2.24, 2.45) is 0 Å². The molecule has 0 saturated heterocycles. The van der Waals surface area contributed by atoms with Gasteiger partial charge < -0.3 is 19.9 Å². The Bertz CT molecular complexity index is 428. The lowest BCUT2D eigenvalue weighted by atomic mass is 10.1. The smallest absolute Gasteiger partial charge is 0.560 e. The van der Waals surface area contributed by atoms with Crippen LogP contribution in [0.3, 0.4) is 0 Å². The second kappa shape index (κ2) is 5.64. The van der Waals surface area contributed by atoms with E-state index >= 15 is 0 Å². The van der Waals surface area contributed by atoms with Gasteiger partial charge >= 0.3 is 18.0 Å². The number of amides is 1. The molecule has 6 nitrogen and oxygen atoms in total. The molecule has 0 radical (unpaired) electrons. The van der Waals surface area contributed by atoms with E-state index in [-0.39, 0.29) is 12.4 Å². The Morgan fingerprint density at radius 3 is 2.45 bits per heavy atom. The quantitative estimate of drug-likeness (QED) is 0.786. The van der Waals surface area contributed by atoms with Gasteiger partial charge in [-0.05, 0) is 26.8 Å². The molecule has 0 aliphatic carbocycles. The molecule has 114 valence electrons. The molecular formula is C12H18F2NO5+. The van der Waals surface area contributed by atoms with Crippen LogP contribution in [-0.2, 0) is 14.3 Å². The molecule has 0 aromatic rings. The Hall–Kier alpha value is -1.86. The van der Waals surface area contributed by atoms with Crippen molar-refractivity contribution in [1.82, 2.24) is 5.32 Å². The van der Waals surface area contributed by atoms with Gasteiger partial charge in [0.05, 0.1) is 6.61 Å².